The van der Waals surface area contributed by atoms with Crippen molar-refractivity contribution in [3.8, 4) is 11.3 Å². The zero-order valence-corrected chi connectivity index (χ0v) is 15.7. The molecule has 26 heavy (non-hydrogen) atoms. The third kappa shape index (κ3) is 4.30. The number of aromatic nitrogens is 2. The SMILES string of the molecule is CCc1nnc(S/C(=C/c2ccc(-c3cc(Cl)ccc3Cl)o2)C(=O)O)o1. The standard InChI is InChI=1S/C17H12Cl2N2O4S/c1-2-15-20-21-17(25-15)26-14(16(22)23)8-10-4-6-13(24-10)11-7-9(18)3-5-12(11)19/h3-8H,2H2,1H3,(H,22,23)/b14-8+. The first kappa shape index (κ1) is 18.6. The summed E-state index contributed by atoms with van der Waals surface area (Å²) >= 11 is 13.0. The van der Waals surface area contributed by atoms with Crippen LogP contribution < -0.4 is 0 Å². The van der Waals surface area contributed by atoms with Gasteiger partial charge in [-0.15, -0.1) is 10.2 Å². The van der Waals surface area contributed by atoms with Crippen molar-refractivity contribution in [2.24, 2.45) is 0 Å². The van der Waals surface area contributed by atoms with Crippen molar-refractivity contribution in [2.75, 3.05) is 0 Å². The highest BCUT2D eigenvalue weighted by atomic mass is 35.5. The number of hydrogen-bond acceptors (Lipinski definition) is 6. The summed E-state index contributed by atoms with van der Waals surface area (Å²) in [6.45, 7) is 1.86. The van der Waals surface area contributed by atoms with E-state index in [1.807, 2.05) is 6.92 Å². The highest BCUT2D eigenvalue weighted by Gasteiger charge is 2.16. The van der Waals surface area contributed by atoms with Gasteiger partial charge in [-0.05, 0) is 42.1 Å². The van der Waals surface area contributed by atoms with Crippen LogP contribution in [0, 0.1) is 0 Å². The Morgan fingerprint density at radius 2 is 2.04 bits per heavy atom. The van der Waals surface area contributed by atoms with E-state index in [4.69, 9.17) is 32.0 Å². The van der Waals surface area contributed by atoms with Gasteiger partial charge in [-0.1, -0.05) is 30.1 Å². The van der Waals surface area contributed by atoms with Gasteiger partial charge in [0.25, 0.3) is 5.22 Å². The molecule has 0 radical (unpaired) electrons. The molecular formula is C17H12Cl2N2O4S. The summed E-state index contributed by atoms with van der Waals surface area (Å²) in [6, 6.07) is 8.34. The van der Waals surface area contributed by atoms with Crippen molar-refractivity contribution < 1.29 is 18.7 Å². The fourth-order valence-corrected chi connectivity index (χ4v) is 3.09. The molecule has 1 aromatic carbocycles. The van der Waals surface area contributed by atoms with E-state index in [0.29, 0.717) is 39.4 Å². The number of carboxylic acids is 1. The molecule has 0 aliphatic heterocycles. The molecule has 2 aromatic heterocycles. The van der Waals surface area contributed by atoms with E-state index in [0.717, 1.165) is 11.8 Å². The number of furan rings is 1. The van der Waals surface area contributed by atoms with Crippen LogP contribution in [0.3, 0.4) is 0 Å². The van der Waals surface area contributed by atoms with E-state index in [-0.39, 0.29) is 10.1 Å². The van der Waals surface area contributed by atoms with E-state index in [1.54, 1.807) is 30.3 Å². The Morgan fingerprint density at radius 3 is 2.73 bits per heavy atom. The van der Waals surface area contributed by atoms with Gasteiger partial charge in [0.05, 0.1) is 5.02 Å². The van der Waals surface area contributed by atoms with Crippen molar-refractivity contribution >= 4 is 47.0 Å². The van der Waals surface area contributed by atoms with Gasteiger partial charge >= 0.3 is 5.97 Å². The number of aliphatic carboxylic acids is 1. The summed E-state index contributed by atoms with van der Waals surface area (Å²) in [5.74, 6) is 0.124. The quantitative estimate of drug-likeness (QED) is 0.428. The largest absolute Gasteiger partial charge is 0.477 e. The number of hydrogen-bond donors (Lipinski definition) is 1. The van der Waals surface area contributed by atoms with Crippen LogP contribution in [0.1, 0.15) is 18.6 Å². The number of thioether (sulfide) groups is 1. The Labute approximate surface area is 162 Å². The van der Waals surface area contributed by atoms with Crippen LogP contribution in [0.5, 0.6) is 0 Å². The molecule has 0 saturated carbocycles. The van der Waals surface area contributed by atoms with Gasteiger partial charge in [0.2, 0.25) is 5.89 Å². The van der Waals surface area contributed by atoms with E-state index >= 15 is 0 Å². The third-order valence-corrected chi connectivity index (χ3v) is 4.67. The Morgan fingerprint density at radius 1 is 1.23 bits per heavy atom. The fourth-order valence-electron chi connectivity index (χ4n) is 2.04. The first-order chi connectivity index (χ1) is 12.5. The van der Waals surface area contributed by atoms with Crippen molar-refractivity contribution in [1.29, 1.82) is 0 Å². The normalized spacial score (nSPS) is 11.7. The van der Waals surface area contributed by atoms with Crippen molar-refractivity contribution in [1.82, 2.24) is 10.2 Å². The minimum atomic E-state index is -1.13. The van der Waals surface area contributed by atoms with Crippen molar-refractivity contribution in [3.63, 3.8) is 0 Å². The lowest BCUT2D eigenvalue weighted by Gasteiger charge is -2.01. The number of halogens is 2. The van der Waals surface area contributed by atoms with Gasteiger partial charge < -0.3 is 13.9 Å². The van der Waals surface area contributed by atoms with Crippen molar-refractivity contribution in [3.05, 3.63) is 56.9 Å². The monoisotopic (exact) mass is 410 g/mol. The molecule has 134 valence electrons. The van der Waals surface area contributed by atoms with Crippen molar-refractivity contribution in [2.45, 2.75) is 18.6 Å². The van der Waals surface area contributed by atoms with Gasteiger partial charge in [-0.25, -0.2) is 4.79 Å². The Bertz CT molecular complexity index is 981. The van der Waals surface area contributed by atoms with Crippen LogP contribution >= 0.6 is 35.0 Å². The van der Waals surface area contributed by atoms with Gasteiger partial charge in [-0.3, -0.25) is 0 Å². The minimum absolute atomic E-state index is 0.0191. The average molecular weight is 411 g/mol. The molecule has 9 heteroatoms. The molecule has 0 aliphatic rings. The molecule has 0 saturated heterocycles. The van der Waals surface area contributed by atoms with Crippen LogP contribution in [0.25, 0.3) is 17.4 Å². The van der Waals surface area contributed by atoms with Crippen LogP contribution in [-0.4, -0.2) is 21.3 Å². The number of nitrogens with zero attached hydrogens (tertiary/aromatic N) is 2. The van der Waals surface area contributed by atoms with Crippen LogP contribution in [0.2, 0.25) is 10.0 Å². The predicted molar refractivity (Wildman–Crippen MR) is 99.3 cm³/mol. The molecule has 6 nitrogen and oxygen atoms in total. The molecule has 3 aromatic rings. The molecule has 0 fully saturated rings. The first-order valence-corrected chi connectivity index (χ1v) is 9.04. The highest BCUT2D eigenvalue weighted by Crippen LogP contribution is 2.33. The molecule has 0 bridgehead atoms. The first-order valence-electron chi connectivity index (χ1n) is 7.46. The Hall–Kier alpha value is -2.22. The van der Waals surface area contributed by atoms with Crippen LogP contribution in [-0.2, 0) is 11.2 Å². The number of benzene rings is 1. The zero-order valence-electron chi connectivity index (χ0n) is 13.4. The molecule has 0 unspecified atom stereocenters. The molecule has 0 aliphatic carbocycles. The third-order valence-electron chi connectivity index (χ3n) is 3.25. The average Bonchev–Trinajstić information content (AvgIpc) is 3.25. The van der Waals surface area contributed by atoms with Crippen LogP contribution in [0.15, 0.2) is 49.3 Å². The smallest absolute Gasteiger partial charge is 0.342 e. The topological polar surface area (TPSA) is 89.4 Å². The van der Waals surface area contributed by atoms with E-state index in [1.165, 1.54) is 6.08 Å². The van der Waals surface area contributed by atoms with Gasteiger partial charge in [0, 0.05) is 23.1 Å². The lowest BCUT2D eigenvalue weighted by Crippen LogP contribution is -1.96. The van der Waals surface area contributed by atoms with Gasteiger partial charge in [0.15, 0.2) is 0 Å². The molecule has 3 rings (SSSR count). The molecule has 0 atom stereocenters. The van der Waals surface area contributed by atoms with Crippen LogP contribution in [0.4, 0.5) is 0 Å². The molecular weight excluding hydrogens is 399 g/mol. The predicted octanol–water partition coefficient (Wildman–Crippen LogP) is 5.42. The molecule has 0 amide bonds. The number of rotatable bonds is 6. The van der Waals surface area contributed by atoms with Gasteiger partial charge in [0.1, 0.15) is 16.4 Å². The van der Waals surface area contributed by atoms with E-state index in [9.17, 15) is 9.90 Å². The number of carbonyl (C=O) groups is 1. The summed E-state index contributed by atoms with van der Waals surface area (Å²) in [7, 11) is 0. The summed E-state index contributed by atoms with van der Waals surface area (Å²) in [6.07, 6.45) is 1.95. The summed E-state index contributed by atoms with van der Waals surface area (Å²) in [5, 5.41) is 18.2. The minimum Gasteiger partial charge on any atom is -0.477 e. The summed E-state index contributed by atoms with van der Waals surface area (Å²) in [4.78, 5) is 11.5. The molecule has 0 spiro atoms. The Kier molecular flexibility index (Phi) is 5.70. The molecule has 1 N–H and O–H groups in total. The summed E-state index contributed by atoms with van der Waals surface area (Å²) < 4.78 is 11.0. The maximum atomic E-state index is 11.5. The summed E-state index contributed by atoms with van der Waals surface area (Å²) in [5.41, 5.74) is 0.618. The molecule has 2 heterocycles. The second kappa shape index (κ2) is 7.99. The fraction of sp³-hybridized carbons (Fsp3) is 0.118. The van der Waals surface area contributed by atoms with E-state index in [2.05, 4.69) is 10.2 Å². The maximum Gasteiger partial charge on any atom is 0.342 e. The lowest BCUT2D eigenvalue weighted by molar-refractivity contribution is -0.131. The Balaban J connectivity index is 1.88. The highest BCUT2D eigenvalue weighted by molar-refractivity contribution is 8.03. The zero-order chi connectivity index (χ0) is 18.7. The second-order valence-electron chi connectivity index (χ2n) is 5.06. The van der Waals surface area contributed by atoms with E-state index < -0.39 is 5.97 Å². The number of aryl methyl sites for hydroxylation is 1. The maximum absolute atomic E-state index is 11.5. The second-order valence-corrected chi connectivity index (χ2v) is 6.89. The lowest BCUT2D eigenvalue weighted by atomic mass is 10.2. The van der Waals surface area contributed by atoms with Gasteiger partial charge in [-0.2, -0.15) is 0 Å². The number of carboxylic acid groups (broad SMARTS) is 1.